The lowest BCUT2D eigenvalue weighted by Gasteiger charge is -2.07. The molecule has 18 heavy (non-hydrogen) atoms. The minimum atomic E-state index is 0.155. The highest BCUT2D eigenvalue weighted by Crippen LogP contribution is 2.33. The maximum Gasteiger partial charge on any atom is 0.116 e. The van der Waals surface area contributed by atoms with Crippen LogP contribution >= 0.6 is 0 Å². The average molecular weight is 240 g/mol. The van der Waals surface area contributed by atoms with E-state index < -0.39 is 0 Å². The van der Waals surface area contributed by atoms with E-state index in [4.69, 9.17) is 5.26 Å². The van der Waals surface area contributed by atoms with Crippen LogP contribution in [0.2, 0.25) is 0 Å². The molecule has 1 saturated carbocycles. The van der Waals surface area contributed by atoms with E-state index >= 15 is 0 Å². The summed E-state index contributed by atoms with van der Waals surface area (Å²) in [5.74, 6) is 0.155. The van der Waals surface area contributed by atoms with Crippen molar-refractivity contribution in [3.8, 4) is 17.3 Å². The maximum absolute atomic E-state index is 8.90. The van der Waals surface area contributed by atoms with E-state index in [1.165, 1.54) is 6.33 Å². The van der Waals surface area contributed by atoms with E-state index in [0.29, 0.717) is 6.04 Å². The Bertz CT molecular complexity index is 570. The van der Waals surface area contributed by atoms with Crippen LogP contribution in [0.15, 0.2) is 24.9 Å². The van der Waals surface area contributed by atoms with Gasteiger partial charge in [-0.05, 0) is 19.3 Å². The summed E-state index contributed by atoms with van der Waals surface area (Å²) in [6, 6.07) is 2.61. The molecule has 1 fully saturated rings. The van der Waals surface area contributed by atoms with Crippen molar-refractivity contribution in [2.45, 2.75) is 25.3 Å². The van der Waals surface area contributed by atoms with Crippen LogP contribution in [0, 0.1) is 17.2 Å². The molecular formula is C12H12N6. The van der Waals surface area contributed by atoms with Gasteiger partial charge in [0.25, 0.3) is 0 Å². The van der Waals surface area contributed by atoms with Crippen LogP contribution < -0.4 is 0 Å². The molecule has 0 amide bonds. The van der Waals surface area contributed by atoms with Crippen LogP contribution in [0.25, 0.3) is 11.3 Å². The van der Waals surface area contributed by atoms with Gasteiger partial charge in [-0.3, -0.25) is 0 Å². The Morgan fingerprint density at radius 2 is 2.11 bits per heavy atom. The Labute approximate surface area is 104 Å². The first-order valence-electron chi connectivity index (χ1n) is 5.93. The summed E-state index contributed by atoms with van der Waals surface area (Å²) >= 11 is 0. The van der Waals surface area contributed by atoms with Crippen molar-refractivity contribution in [1.82, 2.24) is 25.0 Å². The molecule has 0 aliphatic heterocycles. The molecule has 1 aliphatic rings. The maximum atomic E-state index is 8.90. The van der Waals surface area contributed by atoms with E-state index in [2.05, 4.69) is 26.3 Å². The van der Waals surface area contributed by atoms with Gasteiger partial charge < -0.3 is 0 Å². The van der Waals surface area contributed by atoms with Gasteiger partial charge in [0.05, 0.1) is 18.3 Å². The van der Waals surface area contributed by atoms with Gasteiger partial charge in [-0.15, -0.1) is 5.10 Å². The predicted molar refractivity (Wildman–Crippen MR) is 63.0 cm³/mol. The van der Waals surface area contributed by atoms with Gasteiger partial charge in [-0.25, -0.2) is 14.6 Å². The third kappa shape index (κ3) is 1.95. The standard InChI is InChI=1S/C12H12N6/c13-4-9-1-2-11(3-9)18-7-12(16-17-18)10-5-14-8-15-6-10/h5-9,11H,1-3H2. The van der Waals surface area contributed by atoms with Gasteiger partial charge in [-0.1, -0.05) is 5.21 Å². The fourth-order valence-corrected chi connectivity index (χ4v) is 2.33. The van der Waals surface area contributed by atoms with Gasteiger partial charge in [0.15, 0.2) is 0 Å². The first-order valence-corrected chi connectivity index (χ1v) is 5.93. The molecule has 2 heterocycles. The Morgan fingerprint density at radius 3 is 2.83 bits per heavy atom. The van der Waals surface area contributed by atoms with Gasteiger partial charge in [0.2, 0.25) is 0 Å². The molecule has 0 spiro atoms. The Morgan fingerprint density at radius 1 is 1.28 bits per heavy atom. The first-order chi connectivity index (χ1) is 8.86. The van der Waals surface area contributed by atoms with Crippen molar-refractivity contribution in [2.24, 2.45) is 5.92 Å². The van der Waals surface area contributed by atoms with Crippen molar-refractivity contribution in [2.75, 3.05) is 0 Å². The summed E-state index contributed by atoms with van der Waals surface area (Å²) in [7, 11) is 0. The molecular weight excluding hydrogens is 228 g/mol. The predicted octanol–water partition coefficient (Wildman–Crippen LogP) is 1.60. The zero-order chi connectivity index (χ0) is 12.4. The molecule has 6 heteroatoms. The first kappa shape index (κ1) is 10.8. The summed E-state index contributed by atoms with van der Waals surface area (Å²) in [6.45, 7) is 0. The summed E-state index contributed by atoms with van der Waals surface area (Å²) in [5.41, 5.74) is 1.63. The zero-order valence-corrected chi connectivity index (χ0v) is 9.77. The highest BCUT2D eigenvalue weighted by Gasteiger charge is 2.26. The lowest BCUT2D eigenvalue weighted by Crippen LogP contribution is -2.06. The van der Waals surface area contributed by atoms with Crippen LogP contribution in [0.5, 0.6) is 0 Å². The van der Waals surface area contributed by atoms with Crippen molar-refractivity contribution < 1.29 is 0 Å². The zero-order valence-electron chi connectivity index (χ0n) is 9.77. The fourth-order valence-electron chi connectivity index (χ4n) is 2.33. The molecule has 2 aromatic heterocycles. The van der Waals surface area contributed by atoms with Gasteiger partial charge in [-0.2, -0.15) is 5.26 Å². The van der Waals surface area contributed by atoms with Gasteiger partial charge >= 0.3 is 0 Å². The second-order valence-corrected chi connectivity index (χ2v) is 4.50. The van der Waals surface area contributed by atoms with E-state index in [1.807, 2.05) is 10.9 Å². The fraction of sp³-hybridized carbons (Fsp3) is 0.417. The molecule has 2 aromatic rings. The minimum Gasteiger partial charge on any atom is -0.249 e. The van der Waals surface area contributed by atoms with Crippen LogP contribution in [0.3, 0.4) is 0 Å². The second kappa shape index (κ2) is 4.53. The molecule has 3 rings (SSSR count). The number of nitriles is 1. The topological polar surface area (TPSA) is 80.3 Å². The third-order valence-electron chi connectivity index (χ3n) is 3.33. The number of hydrogen-bond donors (Lipinski definition) is 0. The van der Waals surface area contributed by atoms with Crippen LogP contribution in [-0.2, 0) is 0 Å². The summed E-state index contributed by atoms with van der Waals surface area (Å²) in [6.07, 6.45) is 9.63. The molecule has 1 aliphatic carbocycles. The van der Waals surface area contributed by atoms with Crippen molar-refractivity contribution in [3.05, 3.63) is 24.9 Å². The average Bonchev–Trinajstić information content (AvgIpc) is 3.08. The normalized spacial score (nSPS) is 22.8. The van der Waals surface area contributed by atoms with Crippen molar-refractivity contribution in [3.63, 3.8) is 0 Å². The Balaban J connectivity index is 1.81. The molecule has 0 bridgehead atoms. The molecule has 2 unspecified atom stereocenters. The smallest absolute Gasteiger partial charge is 0.116 e. The molecule has 90 valence electrons. The van der Waals surface area contributed by atoms with Crippen molar-refractivity contribution >= 4 is 0 Å². The molecule has 0 saturated heterocycles. The highest BCUT2D eigenvalue weighted by molar-refractivity contribution is 5.54. The van der Waals surface area contributed by atoms with E-state index in [0.717, 1.165) is 30.5 Å². The molecule has 0 radical (unpaired) electrons. The highest BCUT2D eigenvalue weighted by atomic mass is 15.4. The number of hydrogen-bond acceptors (Lipinski definition) is 5. The Kier molecular flexibility index (Phi) is 2.73. The SMILES string of the molecule is N#CC1CCC(n2cc(-c3cncnc3)nn2)C1. The second-order valence-electron chi connectivity index (χ2n) is 4.50. The minimum absolute atomic E-state index is 0.155. The quantitative estimate of drug-likeness (QED) is 0.796. The largest absolute Gasteiger partial charge is 0.249 e. The van der Waals surface area contributed by atoms with E-state index in [1.54, 1.807) is 12.4 Å². The summed E-state index contributed by atoms with van der Waals surface area (Å²) < 4.78 is 1.86. The van der Waals surface area contributed by atoms with Crippen LogP contribution in [-0.4, -0.2) is 25.0 Å². The summed E-state index contributed by atoms with van der Waals surface area (Å²) in [5, 5.41) is 17.2. The van der Waals surface area contributed by atoms with Crippen LogP contribution in [0.1, 0.15) is 25.3 Å². The molecule has 2 atom stereocenters. The van der Waals surface area contributed by atoms with Crippen molar-refractivity contribution in [1.29, 1.82) is 5.26 Å². The van der Waals surface area contributed by atoms with Gasteiger partial charge in [0.1, 0.15) is 12.0 Å². The lowest BCUT2D eigenvalue weighted by atomic mass is 10.1. The van der Waals surface area contributed by atoms with Gasteiger partial charge in [0, 0.05) is 23.9 Å². The molecule has 0 aromatic carbocycles. The Hall–Kier alpha value is -2.29. The number of rotatable bonds is 2. The summed E-state index contributed by atoms with van der Waals surface area (Å²) in [4.78, 5) is 7.92. The van der Waals surface area contributed by atoms with E-state index in [-0.39, 0.29) is 5.92 Å². The molecule has 6 nitrogen and oxygen atoms in total. The third-order valence-corrected chi connectivity index (χ3v) is 3.33. The van der Waals surface area contributed by atoms with Crippen LogP contribution in [0.4, 0.5) is 0 Å². The van der Waals surface area contributed by atoms with E-state index in [9.17, 15) is 0 Å². The number of aromatic nitrogens is 5. The lowest BCUT2D eigenvalue weighted by molar-refractivity contribution is 0.446. The monoisotopic (exact) mass is 240 g/mol. The number of nitrogens with zero attached hydrogens (tertiary/aromatic N) is 6. The molecule has 0 N–H and O–H groups in total.